The van der Waals surface area contributed by atoms with Crippen molar-refractivity contribution in [3.8, 4) is 0 Å². The van der Waals surface area contributed by atoms with E-state index in [1.54, 1.807) is 6.92 Å². The molecule has 0 aromatic carbocycles. The van der Waals surface area contributed by atoms with Crippen molar-refractivity contribution < 1.29 is 32.8 Å². The van der Waals surface area contributed by atoms with Crippen LogP contribution in [0.1, 0.15) is 91.9 Å². The normalized spacial score (nSPS) is 16.9. The molecule has 0 aliphatic carbocycles. The fourth-order valence-electron chi connectivity index (χ4n) is 3.92. The Morgan fingerprint density at radius 1 is 0.931 bits per heavy atom. The van der Waals surface area contributed by atoms with Crippen molar-refractivity contribution >= 4 is 45.1 Å². The molecule has 29 heavy (non-hydrogen) atoms. The van der Waals surface area contributed by atoms with Gasteiger partial charge in [0.1, 0.15) is 4.75 Å². The van der Waals surface area contributed by atoms with Crippen LogP contribution in [0.25, 0.3) is 0 Å². The van der Waals surface area contributed by atoms with Gasteiger partial charge in [0.05, 0.1) is 5.97 Å². The molecule has 0 aliphatic heterocycles. The first-order valence-corrected chi connectivity index (χ1v) is 11.8. The molecule has 4 unspecified atom stereocenters. The minimum Gasteiger partial charge on any atom is -0.550 e. The number of unbranched alkanes of at least 4 members (excludes halogenated alkanes) is 2. The van der Waals surface area contributed by atoms with E-state index in [-0.39, 0.29) is 41.3 Å². The predicted molar refractivity (Wildman–Crippen MR) is 109 cm³/mol. The van der Waals surface area contributed by atoms with Gasteiger partial charge in [-0.1, -0.05) is 79.1 Å². The van der Waals surface area contributed by atoms with Gasteiger partial charge in [-0.25, -0.2) is 0 Å². The fraction of sp³-hybridized carbons (Fsp3) is 0.900. The van der Waals surface area contributed by atoms with Crippen LogP contribution < -0.4 is 10.2 Å². The first-order valence-electron chi connectivity index (χ1n) is 10.4. The number of carboxylic acid groups (broad SMARTS) is 2. The third-order valence-corrected chi connectivity index (χ3v) is 7.44. The van der Waals surface area contributed by atoms with Crippen LogP contribution in [0.2, 0.25) is 0 Å². The predicted octanol–water partition coefficient (Wildman–Crippen LogP) is 1.56. The number of rotatable bonds is 16. The van der Waals surface area contributed by atoms with E-state index in [0.29, 0.717) is 25.7 Å². The van der Waals surface area contributed by atoms with Gasteiger partial charge >= 0.3 is 23.1 Å². The van der Waals surface area contributed by atoms with E-state index in [2.05, 4.69) is 0 Å². The zero-order valence-electron chi connectivity index (χ0n) is 18.3. The van der Waals surface area contributed by atoms with Gasteiger partial charge < -0.3 is 19.8 Å². The summed E-state index contributed by atoms with van der Waals surface area (Å²) in [5, 5.41) is 24.0. The summed E-state index contributed by atoms with van der Waals surface area (Å²) in [6.45, 7) is 7.56. The number of hydrogen-bond donors (Lipinski definition) is 1. The average Bonchev–Trinajstić information content (AvgIpc) is 2.61. The zero-order chi connectivity index (χ0) is 22.0. The van der Waals surface area contributed by atoms with Gasteiger partial charge in [0, 0.05) is 11.9 Å². The van der Waals surface area contributed by atoms with Crippen LogP contribution in [0.15, 0.2) is 0 Å². The van der Waals surface area contributed by atoms with Gasteiger partial charge in [0.25, 0.3) is 10.1 Å². The van der Waals surface area contributed by atoms with E-state index >= 15 is 0 Å². The summed E-state index contributed by atoms with van der Waals surface area (Å²) in [4.78, 5) is 24.0. The van der Waals surface area contributed by atoms with Crippen LogP contribution in [-0.4, -0.2) is 52.7 Å². The summed E-state index contributed by atoms with van der Waals surface area (Å²) >= 11 is 0. The maximum atomic E-state index is 12.3. The summed E-state index contributed by atoms with van der Waals surface area (Å²) in [5.74, 6) is -6.26. The molecule has 0 radical (unpaired) electrons. The molecule has 0 spiro atoms. The second-order valence-corrected chi connectivity index (χ2v) is 9.48. The molecule has 1 N–H and O–H groups in total. The number of aliphatic carboxylic acids is 2. The number of carbonyl (C=O) groups is 2. The summed E-state index contributed by atoms with van der Waals surface area (Å²) in [6, 6.07) is 0. The standard InChI is InChI=1S/C20H38O7S.Mg/c1-5-9-11-15(7-3)13-17(18(21)22)20(19(23)24,28(25,26)27)14-16(8-4)12-10-6-2;/h15-17H,5-14H2,1-4H3,(H,21,22)(H,23,24)(H,25,26,27);/q;+2/p-2. The maximum Gasteiger partial charge on any atom is 2.00 e. The van der Waals surface area contributed by atoms with Gasteiger partial charge in [-0.3, -0.25) is 4.55 Å². The average molecular weight is 445 g/mol. The second-order valence-electron chi connectivity index (χ2n) is 7.80. The van der Waals surface area contributed by atoms with Crippen LogP contribution in [0, 0.1) is 17.8 Å². The Labute approximate surface area is 191 Å². The largest absolute Gasteiger partial charge is 2.00 e. The summed E-state index contributed by atoms with van der Waals surface area (Å²) in [5.41, 5.74) is 0. The fourth-order valence-corrected chi connectivity index (χ4v) is 5.13. The Morgan fingerprint density at radius 2 is 1.38 bits per heavy atom. The number of carboxylic acids is 2. The van der Waals surface area contributed by atoms with Crippen molar-refractivity contribution in [1.82, 2.24) is 0 Å². The minimum absolute atomic E-state index is 0. The topological polar surface area (TPSA) is 135 Å². The summed E-state index contributed by atoms with van der Waals surface area (Å²) in [7, 11) is -5.26. The molecule has 0 aromatic heterocycles. The Balaban J connectivity index is 0. The molecule has 0 rings (SSSR count). The Hall–Kier alpha value is -0.384. The van der Waals surface area contributed by atoms with Gasteiger partial charge in [-0.2, -0.15) is 8.42 Å². The molecule has 0 aliphatic rings. The van der Waals surface area contributed by atoms with Crippen molar-refractivity contribution in [2.75, 3.05) is 0 Å². The Morgan fingerprint density at radius 3 is 1.69 bits per heavy atom. The van der Waals surface area contributed by atoms with Gasteiger partial charge in [-0.05, 0) is 24.7 Å². The first-order chi connectivity index (χ1) is 13.0. The van der Waals surface area contributed by atoms with Gasteiger partial charge in [-0.15, -0.1) is 0 Å². The number of hydrogen-bond acceptors (Lipinski definition) is 6. The summed E-state index contributed by atoms with van der Waals surface area (Å²) < 4.78 is 31.6. The Kier molecular flexibility index (Phi) is 15.5. The Bertz CT molecular complexity index is 594. The smallest absolute Gasteiger partial charge is 0.550 e. The monoisotopic (exact) mass is 444 g/mol. The van der Waals surface area contributed by atoms with Crippen LogP contribution in [-0.2, 0) is 19.7 Å². The molecule has 9 heteroatoms. The summed E-state index contributed by atoms with van der Waals surface area (Å²) in [6.07, 6.45) is 4.84. The molecule has 0 saturated carbocycles. The molecule has 0 saturated heterocycles. The molecule has 4 atom stereocenters. The van der Waals surface area contributed by atoms with Crippen LogP contribution >= 0.6 is 0 Å². The van der Waals surface area contributed by atoms with Crippen LogP contribution in [0.4, 0.5) is 0 Å². The molecule has 7 nitrogen and oxygen atoms in total. The van der Waals surface area contributed by atoms with Crippen molar-refractivity contribution in [3.63, 3.8) is 0 Å². The quantitative estimate of drug-likeness (QED) is 0.282. The van der Waals surface area contributed by atoms with Crippen molar-refractivity contribution in [3.05, 3.63) is 0 Å². The first kappa shape index (κ1) is 30.8. The molecule has 0 bridgehead atoms. The van der Waals surface area contributed by atoms with Gasteiger partial charge in [0.2, 0.25) is 0 Å². The molecule has 0 fully saturated rings. The minimum atomic E-state index is -5.26. The SMILES string of the molecule is CCCCC(CC)CC(C(=O)[O-])C(CC(CC)CCCC)(C(=O)[O-])S(=O)(=O)O.[Mg+2]. The van der Waals surface area contributed by atoms with Crippen molar-refractivity contribution in [2.24, 2.45) is 17.8 Å². The van der Waals surface area contributed by atoms with E-state index in [1.807, 2.05) is 20.8 Å². The third kappa shape index (κ3) is 8.71. The second kappa shape index (κ2) is 14.6. The molecule has 0 heterocycles. The maximum absolute atomic E-state index is 12.3. The van der Waals surface area contributed by atoms with E-state index in [1.165, 1.54) is 0 Å². The molecule has 166 valence electrons. The third-order valence-electron chi connectivity index (χ3n) is 5.90. The van der Waals surface area contributed by atoms with Crippen molar-refractivity contribution in [2.45, 2.75) is 96.7 Å². The van der Waals surface area contributed by atoms with Crippen LogP contribution in [0.3, 0.4) is 0 Å². The van der Waals surface area contributed by atoms with E-state index < -0.39 is 39.1 Å². The molecule has 0 aromatic rings. The van der Waals surface area contributed by atoms with E-state index in [4.69, 9.17) is 0 Å². The number of carbonyl (C=O) groups excluding carboxylic acids is 2. The molecule has 0 amide bonds. The van der Waals surface area contributed by atoms with E-state index in [9.17, 15) is 32.8 Å². The van der Waals surface area contributed by atoms with Gasteiger partial charge in [0.15, 0.2) is 0 Å². The van der Waals surface area contributed by atoms with E-state index in [0.717, 1.165) is 25.7 Å². The van der Waals surface area contributed by atoms with Crippen molar-refractivity contribution in [1.29, 1.82) is 0 Å². The molecular formula is C20H36MgO7S. The van der Waals surface area contributed by atoms with Crippen LogP contribution in [0.5, 0.6) is 0 Å². The molecular weight excluding hydrogens is 409 g/mol. The zero-order valence-corrected chi connectivity index (χ0v) is 20.5.